The van der Waals surface area contributed by atoms with Crippen molar-refractivity contribution in [3.8, 4) is 0 Å². The molecule has 0 saturated heterocycles. The third-order valence-electron chi connectivity index (χ3n) is 2.87. The van der Waals surface area contributed by atoms with E-state index in [0.29, 0.717) is 9.36 Å². The van der Waals surface area contributed by atoms with Gasteiger partial charge in [-0.25, -0.2) is 0 Å². The van der Waals surface area contributed by atoms with E-state index in [4.69, 9.17) is 5.73 Å². The summed E-state index contributed by atoms with van der Waals surface area (Å²) in [5.74, 6) is -0.802. The first kappa shape index (κ1) is 14.2. The molecule has 1 amide bonds. The Bertz CT molecular complexity index is 853. The number of rotatable bonds is 3. The Morgan fingerprint density at radius 3 is 2.25 bits per heavy atom. The number of pyridine rings is 1. The second kappa shape index (κ2) is 4.73. The molecule has 0 saturated carbocycles. The first-order chi connectivity index (χ1) is 9.26. The average Bonchev–Trinajstić information content (AvgIpc) is 2.38. The number of primary amides is 1. The highest BCUT2D eigenvalue weighted by Crippen LogP contribution is 2.16. The van der Waals surface area contributed by atoms with Crippen LogP contribution in [0.2, 0.25) is 0 Å². The van der Waals surface area contributed by atoms with Crippen LogP contribution in [-0.4, -0.2) is 36.7 Å². The highest BCUT2D eigenvalue weighted by atomic mass is 32.2. The van der Waals surface area contributed by atoms with Gasteiger partial charge in [-0.05, 0) is 6.07 Å². The molecule has 0 aliphatic heterocycles. The second-order valence-corrected chi connectivity index (χ2v) is 6.36. The van der Waals surface area contributed by atoms with Crippen LogP contribution in [0.4, 0.5) is 0 Å². The number of nitrogens with zero attached hydrogens (tertiary/aromatic N) is 2. The lowest BCUT2D eigenvalue weighted by molar-refractivity contribution is 0.100. The van der Waals surface area contributed by atoms with Crippen LogP contribution in [0.25, 0.3) is 10.8 Å². The molecule has 106 valence electrons. The van der Waals surface area contributed by atoms with Crippen molar-refractivity contribution in [3.63, 3.8) is 0 Å². The molecule has 0 spiro atoms. The van der Waals surface area contributed by atoms with Gasteiger partial charge in [-0.3, -0.25) is 9.59 Å². The molecule has 0 atom stereocenters. The molecule has 2 rings (SSSR count). The molecule has 8 heteroatoms. The third-order valence-corrected chi connectivity index (χ3v) is 4.56. The topological polar surface area (TPSA) is 102 Å². The van der Waals surface area contributed by atoms with Crippen molar-refractivity contribution in [2.45, 2.75) is 0 Å². The van der Waals surface area contributed by atoms with E-state index in [2.05, 4.69) is 0 Å². The molecule has 0 bridgehead atoms. The second-order valence-electron chi connectivity index (χ2n) is 4.34. The van der Waals surface area contributed by atoms with Gasteiger partial charge in [-0.2, -0.15) is 16.7 Å². The van der Waals surface area contributed by atoms with Crippen molar-refractivity contribution in [2.24, 2.45) is 5.73 Å². The largest absolute Gasteiger partial charge is 0.366 e. The van der Waals surface area contributed by atoms with Crippen molar-refractivity contribution < 1.29 is 13.2 Å². The summed E-state index contributed by atoms with van der Waals surface area (Å²) in [6, 6.07) is 6.22. The predicted octanol–water partition coefficient (Wildman–Crippen LogP) is -0.245. The monoisotopic (exact) mass is 295 g/mol. The van der Waals surface area contributed by atoms with Crippen LogP contribution in [0.5, 0.6) is 0 Å². The zero-order chi connectivity index (χ0) is 15.1. The lowest BCUT2D eigenvalue weighted by Crippen LogP contribution is -2.37. The molecular formula is C12H13N3O4S. The SMILES string of the molecule is CN(C)S(=O)(=O)n1cc(C(N)=O)c2ccccc2c1=O. The number of fused-ring (bicyclic) bond motifs is 1. The minimum Gasteiger partial charge on any atom is -0.366 e. The molecule has 0 unspecified atom stereocenters. The van der Waals surface area contributed by atoms with Crippen molar-refractivity contribution in [1.29, 1.82) is 0 Å². The Balaban J connectivity index is 3.00. The molecule has 1 aromatic heterocycles. The van der Waals surface area contributed by atoms with Crippen molar-refractivity contribution >= 4 is 26.9 Å². The van der Waals surface area contributed by atoms with E-state index in [1.807, 2.05) is 0 Å². The Morgan fingerprint density at radius 1 is 1.20 bits per heavy atom. The number of nitrogens with two attached hydrogens (primary N) is 1. The number of carbonyl (C=O) groups excluding carboxylic acids is 1. The van der Waals surface area contributed by atoms with Gasteiger partial charge in [0.1, 0.15) is 0 Å². The standard InChI is InChI=1S/C12H13N3O4S/c1-14(2)20(18,19)15-7-10(11(13)16)8-5-3-4-6-9(8)12(15)17/h3-7H,1-2H3,(H2,13,16). The van der Waals surface area contributed by atoms with E-state index in [1.54, 1.807) is 18.2 Å². The maximum Gasteiger partial charge on any atom is 0.309 e. The lowest BCUT2D eigenvalue weighted by Gasteiger charge is -2.15. The fourth-order valence-corrected chi connectivity index (χ4v) is 2.71. The van der Waals surface area contributed by atoms with Gasteiger partial charge in [0.2, 0.25) is 0 Å². The highest BCUT2D eigenvalue weighted by Gasteiger charge is 2.22. The number of benzene rings is 1. The van der Waals surface area contributed by atoms with Crippen LogP contribution in [0.15, 0.2) is 35.3 Å². The van der Waals surface area contributed by atoms with Crippen LogP contribution in [0.3, 0.4) is 0 Å². The van der Waals surface area contributed by atoms with E-state index in [1.165, 1.54) is 20.2 Å². The van der Waals surface area contributed by atoms with Gasteiger partial charge in [0.25, 0.3) is 11.5 Å². The normalized spacial score (nSPS) is 11.9. The van der Waals surface area contributed by atoms with Gasteiger partial charge in [0.15, 0.2) is 0 Å². The molecule has 1 aromatic carbocycles. The number of hydrogen-bond acceptors (Lipinski definition) is 4. The van der Waals surface area contributed by atoms with E-state index in [0.717, 1.165) is 10.5 Å². The summed E-state index contributed by atoms with van der Waals surface area (Å²) in [7, 11) is -1.44. The summed E-state index contributed by atoms with van der Waals surface area (Å²) in [5, 5.41) is 0.449. The van der Waals surface area contributed by atoms with Crippen LogP contribution < -0.4 is 11.3 Å². The Labute approximate surface area is 115 Å². The molecule has 2 aromatic rings. The minimum absolute atomic E-state index is 0.0226. The highest BCUT2D eigenvalue weighted by molar-refractivity contribution is 7.87. The molecular weight excluding hydrogens is 282 g/mol. The number of aromatic nitrogens is 1. The molecule has 2 N–H and O–H groups in total. The Morgan fingerprint density at radius 2 is 1.75 bits per heavy atom. The molecule has 0 aliphatic rings. The summed E-state index contributed by atoms with van der Waals surface area (Å²) in [5.41, 5.74) is 4.51. The van der Waals surface area contributed by atoms with Crippen molar-refractivity contribution in [3.05, 3.63) is 46.4 Å². The molecule has 7 nitrogen and oxygen atoms in total. The van der Waals surface area contributed by atoms with E-state index < -0.39 is 21.7 Å². The molecule has 0 aliphatic carbocycles. The predicted molar refractivity (Wildman–Crippen MR) is 74.7 cm³/mol. The van der Waals surface area contributed by atoms with Gasteiger partial charge in [-0.1, -0.05) is 18.2 Å². The Kier molecular flexibility index (Phi) is 3.36. The molecule has 20 heavy (non-hydrogen) atoms. The van der Waals surface area contributed by atoms with Gasteiger partial charge in [0, 0.05) is 31.1 Å². The van der Waals surface area contributed by atoms with E-state index in [9.17, 15) is 18.0 Å². The third kappa shape index (κ3) is 2.08. The maximum atomic E-state index is 12.3. The zero-order valence-corrected chi connectivity index (χ0v) is 11.7. The number of hydrogen-bond donors (Lipinski definition) is 1. The molecule has 0 radical (unpaired) electrons. The minimum atomic E-state index is -4.03. The van der Waals surface area contributed by atoms with Crippen LogP contribution in [0, 0.1) is 0 Å². The summed E-state index contributed by atoms with van der Waals surface area (Å²) in [6.07, 6.45) is 0.961. The zero-order valence-electron chi connectivity index (χ0n) is 10.9. The van der Waals surface area contributed by atoms with Crippen LogP contribution >= 0.6 is 0 Å². The fourth-order valence-electron chi connectivity index (χ4n) is 1.81. The maximum absolute atomic E-state index is 12.3. The average molecular weight is 295 g/mol. The number of amides is 1. The van der Waals surface area contributed by atoms with Gasteiger partial charge < -0.3 is 5.73 Å². The Hall–Kier alpha value is -2.19. The van der Waals surface area contributed by atoms with E-state index >= 15 is 0 Å². The molecule has 0 fully saturated rings. The molecule has 1 heterocycles. The summed E-state index contributed by atoms with van der Waals surface area (Å²) < 4.78 is 25.6. The van der Waals surface area contributed by atoms with Gasteiger partial charge in [-0.15, -0.1) is 0 Å². The van der Waals surface area contributed by atoms with E-state index in [-0.39, 0.29) is 10.9 Å². The number of carbonyl (C=O) groups is 1. The van der Waals surface area contributed by atoms with Crippen molar-refractivity contribution in [2.75, 3.05) is 14.1 Å². The van der Waals surface area contributed by atoms with Crippen LogP contribution in [0.1, 0.15) is 10.4 Å². The van der Waals surface area contributed by atoms with Gasteiger partial charge in [0.05, 0.1) is 5.56 Å². The fraction of sp³-hybridized carbons (Fsp3) is 0.167. The smallest absolute Gasteiger partial charge is 0.309 e. The first-order valence-corrected chi connectivity index (χ1v) is 7.03. The summed E-state index contributed by atoms with van der Waals surface area (Å²) >= 11 is 0. The lowest BCUT2D eigenvalue weighted by atomic mass is 10.1. The first-order valence-electron chi connectivity index (χ1n) is 5.64. The van der Waals surface area contributed by atoms with Gasteiger partial charge >= 0.3 is 10.2 Å². The van der Waals surface area contributed by atoms with Crippen molar-refractivity contribution in [1.82, 2.24) is 8.28 Å². The quantitative estimate of drug-likeness (QED) is 0.843. The summed E-state index contributed by atoms with van der Waals surface area (Å²) in [6.45, 7) is 0. The van der Waals surface area contributed by atoms with Crippen LogP contribution in [-0.2, 0) is 10.2 Å². The summed E-state index contributed by atoms with van der Waals surface area (Å²) in [4.78, 5) is 23.7.